The van der Waals surface area contributed by atoms with E-state index in [-0.39, 0.29) is 18.0 Å². The molecular weight excluding hydrogens is 172 g/mol. The van der Waals surface area contributed by atoms with Crippen LogP contribution in [-0.4, -0.2) is 39.0 Å². The summed E-state index contributed by atoms with van der Waals surface area (Å²) in [7, 11) is 3.06. The van der Waals surface area contributed by atoms with Crippen LogP contribution < -0.4 is 0 Å². The van der Waals surface area contributed by atoms with Crippen LogP contribution in [0, 0.1) is 0 Å². The highest BCUT2D eigenvalue weighted by molar-refractivity contribution is 5.99. The first-order valence-electron chi connectivity index (χ1n) is 4.22. The van der Waals surface area contributed by atoms with Gasteiger partial charge in [0.05, 0.1) is 19.6 Å². The van der Waals surface area contributed by atoms with Gasteiger partial charge in [-0.05, 0) is 0 Å². The van der Waals surface area contributed by atoms with Crippen molar-refractivity contribution in [2.75, 3.05) is 27.4 Å². The number of methoxy groups -OCH3 is 2. The number of carbonyl (C=O) groups excluding carboxylic acids is 2. The molecule has 0 radical (unpaired) electrons. The maximum Gasteiger partial charge on any atom is 0.142 e. The summed E-state index contributed by atoms with van der Waals surface area (Å²) in [4.78, 5) is 22.1. The molecule has 0 unspecified atom stereocenters. The highest BCUT2D eigenvalue weighted by Gasteiger charge is 2.08. The Bertz CT molecular complexity index is 147. The lowest BCUT2D eigenvalue weighted by Gasteiger charge is -1.99. The molecule has 0 spiro atoms. The van der Waals surface area contributed by atoms with Crippen LogP contribution in [0.15, 0.2) is 0 Å². The molecule has 0 saturated carbocycles. The molecular formula is C9H16O4. The van der Waals surface area contributed by atoms with Crippen molar-refractivity contribution in [3.8, 4) is 0 Å². The number of ether oxygens (including phenoxy) is 2. The molecule has 76 valence electrons. The normalized spacial score (nSPS) is 10.0. The van der Waals surface area contributed by atoms with Crippen LogP contribution in [0.2, 0.25) is 0 Å². The van der Waals surface area contributed by atoms with E-state index in [0.717, 1.165) is 0 Å². The molecule has 0 atom stereocenters. The highest BCUT2D eigenvalue weighted by Crippen LogP contribution is 1.95. The Kier molecular flexibility index (Phi) is 7.44. The van der Waals surface area contributed by atoms with Gasteiger partial charge in [-0.1, -0.05) is 0 Å². The first-order chi connectivity index (χ1) is 6.20. The second kappa shape index (κ2) is 7.89. The van der Waals surface area contributed by atoms with E-state index in [4.69, 9.17) is 9.47 Å². The average molecular weight is 188 g/mol. The molecule has 0 fully saturated rings. The zero-order valence-corrected chi connectivity index (χ0v) is 8.17. The quantitative estimate of drug-likeness (QED) is 0.523. The van der Waals surface area contributed by atoms with Crippen LogP contribution in [-0.2, 0) is 19.1 Å². The van der Waals surface area contributed by atoms with Crippen LogP contribution >= 0.6 is 0 Å². The van der Waals surface area contributed by atoms with Crippen molar-refractivity contribution in [3.05, 3.63) is 0 Å². The van der Waals surface area contributed by atoms with E-state index < -0.39 is 0 Å². The summed E-state index contributed by atoms with van der Waals surface area (Å²) in [5.74, 6) is -0.133. The standard InChI is InChI=1S/C9H16O4/c1-12-5-3-8(10)7-9(11)4-6-13-2/h3-7H2,1-2H3. The fourth-order valence-electron chi connectivity index (χ4n) is 0.828. The zero-order chi connectivity index (χ0) is 10.1. The Hall–Kier alpha value is -0.740. The summed E-state index contributed by atoms with van der Waals surface area (Å²) >= 11 is 0. The van der Waals surface area contributed by atoms with E-state index >= 15 is 0 Å². The van der Waals surface area contributed by atoms with E-state index in [1.165, 1.54) is 14.2 Å². The van der Waals surface area contributed by atoms with Gasteiger partial charge in [-0.25, -0.2) is 0 Å². The number of carbonyl (C=O) groups is 2. The Morgan fingerprint density at radius 2 is 1.31 bits per heavy atom. The third-order valence-corrected chi connectivity index (χ3v) is 1.56. The van der Waals surface area contributed by atoms with E-state index in [2.05, 4.69) is 0 Å². The summed E-state index contributed by atoms with van der Waals surface area (Å²) in [5, 5.41) is 0. The van der Waals surface area contributed by atoms with Gasteiger partial charge in [-0.15, -0.1) is 0 Å². The van der Waals surface area contributed by atoms with Gasteiger partial charge in [-0.3, -0.25) is 9.59 Å². The number of hydrogen-bond acceptors (Lipinski definition) is 4. The van der Waals surface area contributed by atoms with Gasteiger partial charge in [0, 0.05) is 27.1 Å². The van der Waals surface area contributed by atoms with Crippen molar-refractivity contribution < 1.29 is 19.1 Å². The number of ketones is 2. The molecule has 0 amide bonds. The van der Waals surface area contributed by atoms with Crippen LogP contribution in [0.5, 0.6) is 0 Å². The second-order valence-corrected chi connectivity index (χ2v) is 2.74. The molecule has 0 N–H and O–H groups in total. The van der Waals surface area contributed by atoms with Crippen molar-refractivity contribution in [2.24, 2.45) is 0 Å². The van der Waals surface area contributed by atoms with Gasteiger partial charge in [0.25, 0.3) is 0 Å². The van der Waals surface area contributed by atoms with Crippen LogP contribution in [0.25, 0.3) is 0 Å². The topological polar surface area (TPSA) is 52.6 Å². The lowest BCUT2D eigenvalue weighted by Crippen LogP contribution is -2.11. The van der Waals surface area contributed by atoms with E-state index in [0.29, 0.717) is 26.1 Å². The van der Waals surface area contributed by atoms with Gasteiger partial charge < -0.3 is 9.47 Å². The molecule has 0 aromatic rings. The van der Waals surface area contributed by atoms with Crippen LogP contribution in [0.4, 0.5) is 0 Å². The molecule has 0 aliphatic heterocycles. The van der Waals surface area contributed by atoms with Crippen LogP contribution in [0.3, 0.4) is 0 Å². The van der Waals surface area contributed by atoms with Gasteiger partial charge in [0.1, 0.15) is 11.6 Å². The molecule has 0 aliphatic carbocycles. The molecule has 0 saturated heterocycles. The number of Topliss-reactive ketones (excluding diaryl/α,β-unsaturated/α-hetero) is 2. The zero-order valence-electron chi connectivity index (χ0n) is 8.17. The Balaban J connectivity index is 3.47. The number of rotatable bonds is 8. The maximum absolute atomic E-state index is 11.0. The summed E-state index contributed by atoms with van der Waals surface area (Å²) in [6, 6.07) is 0. The van der Waals surface area contributed by atoms with E-state index in [1.807, 2.05) is 0 Å². The minimum Gasteiger partial charge on any atom is -0.384 e. The van der Waals surface area contributed by atoms with Crippen molar-refractivity contribution in [3.63, 3.8) is 0 Å². The molecule has 0 aromatic heterocycles. The number of hydrogen-bond donors (Lipinski definition) is 0. The lowest BCUT2D eigenvalue weighted by molar-refractivity contribution is -0.127. The molecule has 0 heterocycles. The van der Waals surface area contributed by atoms with Gasteiger partial charge >= 0.3 is 0 Å². The van der Waals surface area contributed by atoms with Crippen molar-refractivity contribution in [1.82, 2.24) is 0 Å². The Labute approximate surface area is 78.2 Å². The van der Waals surface area contributed by atoms with E-state index in [1.54, 1.807) is 0 Å². The van der Waals surface area contributed by atoms with Gasteiger partial charge in [0.15, 0.2) is 0 Å². The highest BCUT2D eigenvalue weighted by atomic mass is 16.5. The molecule has 0 aromatic carbocycles. The van der Waals surface area contributed by atoms with Crippen molar-refractivity contribution in [2.45, 2.75) is 19.3 Å². The Morgan fingerprint density at radius 3 is 1.62 bits per heavy atom. The fraction of sp³-hybridized carbons (Fsp3) is 0.778. The minimum atomic E-state index is -0.0667. The molecule has 0 aliphatic rings. The third-order valence-electron chi connectivity index (χ3n) is 1.56. The first-order valence-corrected chi connectivity index (χ1v) is 4.22. The monoisotopic (exact) mass is 188 g/mol. The third kappa shape index (κ3) is 7.62. The minimum absolute atomic E-state index is 0.00667. The predicted octanol–water partition coefficient (Wildman–Crippen LogP) is 0.588. The largest absolute Gasteiger partial charge is 0.384 e. The Morgan fingerprint density at radius 1 is 0.923 bits per heavy atom. The molecule has 13 heavy (non-hydrogen) atoms. The fourth-order valence-corrected chi connectivity index (χ4v) is 0.828. The smallest absolute Gasteiger partial charge is 0.142 e. The van der Waals surface area contributed by atoms with Crippen molar-refractivity contribution in [1.29, 1.82) is 0 Å². The van der Waals surface area contributed by atoms with Crippen LogP contribution in [0.1, 0.15) is 19.3 Å². The maximum atomic E-state index is 11.0. The second-order valence-electron chi connectivity index (χ2n) is 2.74. The summed E-state index contributed by atoms with van der Waals surface area (Å²) in [5.41, 5.74) is 0. The molecule has 0 bridgehead atoms. The summed E-state index contributed by atoms with van der Waals surface area (Å²) in [6.07, 6.45) is 0.636. The van der Waals surface area contributed by atoms with Crippen molar-refractivity contribution >= 4 is 11.6 Å². The van der Waals surface area contributed by atoms with Gasteiger partial charge in [-0.2, -0.15) is 0 Å². The molecule has 4 heteroatoms. The average Bonchev–Trinajstić information content (AvgIpc) is 2.11. The lowest BCUT2D eigenvalue weighted by atomic mass is 10.1. The molecule has 4 nitrogen and oxygen atoms in total. The SMILES string of the molecule is COCCC(=O)CC(=O)CCOC. The van der Waals surface area contributed by atoms with E-state index in [9.17, 15) is 9.59 Å². The summed E-state index contributed by atoms with van der Waals surface area (Å²) < 4.78 is 9.44. The predicted molar refractivity (Wildman–Crippen MR) is 47.6 cm³/mol. The van der Waals surface area contributed by atoms with Gasteiger partial charge in [0.2, 0.25) is 0 Å². The molecule has 0 rings (SSSR count). The first kappa shape index (κ1) is 12.3. The summed E-state index contributed by atoms with van der Waals surface area (Å²) in [6.45, 7) is 0.771.